The van der Waals surface area contributed by atoms with Crippen LogP contribution in [-0.2, 0) is 0 Å². The van der Waals surface area contributed by atoms with Crippen molar-refractivity contribution in [2.75, 3.05) is 7.11 Å². The van der Waals surface area contributed by atoms with Gasteiger partial charge in [0.1, 0.15) is 11.6 Å². The molecule has 0 saturated heterocycles. The lowest BCUT2D eigenvalue weighted by molar-refractivity contribution is 0.407. The second-order valence-corrected chi connectivity index (χ2v) is 4.32. The van der Waals surface area contributed by atoms with E-state index >= 15 is 0 Å². The largest absolute Gasteiger partial charge is 0.496 e. The quantitative estimate of drug-likeness (QED) is 0.921. The molecule has 0 amide bonds. The minimum Gasteiger partial charge on any atom is -0.496 e. The highest BCUT2D eigenvalue weighted by molar-refractivity contribution is 6.30. The molecule has 0 aliphatic rings. The van der Waals surface area contributed by atoms with Crippen molar-refractivity contribution >= 4 is 11.6 Å². The van der Waals surface area contributed by atoms with Crippen molar-refractivity contribution in [3.05, 3.63) is 64.4 Å². The van der Waals surface area contributed by atoms with Crippen LogP contribution in [-0.4, -0.2) is 7.11 Å². The van der Waals surface area contributed by atoms with E-state index in [-0.39, 0.29) is 5.82 Å². The SMILES string of the molecule is COc1cc(Cl)ccc1C(N)c1ccccc1F. The summed E-state index contributed by atoms with van der Waals surface area (Å²) in [5.41, 5.74) is 7.21. The third-order valence-electron chi connectivity index (χ3n) is 2.77. The summed E-state index contributed by atoms with van der Waals surface area (Å²) in [6.07, 6.45) is 0. The van der Waals surface area contributed by atoms with Gasteiger partial charge in [-0.3, -0.25) is 0 Å². The molecule has 2 aromatic carbocycles. The van der Waals surface area contributed by atoms with E-state index in [0.717, 1.165) is 0 Å². The molecule has 1 unspecified atom stereocenters. The number of rotatable bonds is 3. The molecule has 2 N–H and O–H groups in total. The maximum atomic E-state index is 13.7. The van der Waals surface area contributed by atoms with Crippen molar-refractivity contribution in [3.63, 3.8) is 0 Å². The van der Waals surface area contributed by atoms with Crippen molar-refractivity contribution in [1.82, 2.24) is 0 Å². The molecule has 0 saturated carbocycles. The summed E-state index contributed by atoms with van der Waals surface area (Å²) in [7, 11) is 1.53. The Balaban J connectivity index is 2.46. The summed E-state index contributed by atoms with van der Waals surface area (Å²) in [6, 6.07) is 11.0. The van der Waals surface area contributed by atoms with Crippen LogP contribution in [0.15, 0.2) is 42.5 Å². The Morgan fingerprint density at radius 1 is 1.17 bits per heavy atom. The predicted octanol–water partition coefficient (Wildman–Crippen LogP) is 3.54. The average molecular weight is 266 g/mol. The minimum absolute atomic E-state index is 0.331. The molecule has 2 aromatic rings. The molecular formula is C14H13ClFNO. The third kappa shape index (κ3) is 2.47. The van der Waals surface area contributed by atoms with Crippen molar-refractivity contribution in [2.45, 2.75) is 6.04 Å². The molecule has 2 nitrogen and oxygen atoms in total. The second kappa shape index (κ2) is 5.38. The first kappa shape index (κ1) is 12.9. The van der Waals surface area contributed by atoms with Crippen LogP contribution in [0.3, 0.4) is 0 Å². The van der Waals surface area contributed by atoms with Gasteiger partial charge < -0.3 is 10.5 Å². The Morgan fingerprint density at radius 3 is 2.56 bits per heavy atom. The summed E-state index contributed by atoms with van der Waals surface area (Å²) in [5.74, 6) is 0.222. The first-order chi connectivity index (χ1) is 8.63. The van der Waals surface area contributed by atoms with E-state index in [1.807, 2.05) is 0 Å². The number of ether oxygens (including phenoxy) is 1. The van der Waals surface area contributed by atoms with E-state index in [1.54, 1.807) is 36.4 Å². The summed E-state index contributed by atoms with van der Waals surface area (Å²) in [5, 5.41) is 0.552. The van der Waals surface area contributed by atoms with Crippen LogP contribution in [0.5, 0.6) is 5.75 Å². The molecule has 0 aromatic heterocycles. The topological polar surface area (TPSA) is 35.2 Å². The average Bonchev–Trinajstić information content (AvgIpc) is 2.38. The maximum Gasteiger partial charge on any atom is 0.128 e. The Kier molecular flexibility index (Phi) is 3.84. The molecule has 4 heteroatoms. The third-order valence-corrected chi connectivity index (χ3v) is 3.01. The van der Waals surface area contributed by atoms with Crippen molar-refractivity contribution in [2.24, 2.45) is 5.73 Å². The van der Waals surface area contributed by atoms with Crippen LogP contribution in [0, 0.1) is 5.82 Å². The highest BCUT2D eigenvalue weighted by Gasteiger charge is 2.17. The van der Waals surface area contributed by atoms with Crippen molar-refractivity contribution in [1.29, 1.82) is 0 Å². The Hall–Kier alpha value is -1.58. The Labute approximate surface area is 110 Å². The highest BCUT2D eigenvalue weighted by Crippen LogP contribution is 2.31. The lowest BCUT2D eigenvalue weighted by atomic mass is 9.98. The molecular weight excluding hydrogens is 253 g/mol. The first-order valence-electron chi connectivity index (χ1n) is 5.47. The molecule has 2 rings (SSSR count). The molecule has 0 fully saturated rings. The standard InChI is InChI=1S/C14H13ClFNO/c1-18-13-8-9(15)6-7-11(13)14(17)10-4-2-3-5-12(10)16/h2-8,14H,17H2,1H3. The van der Waals surface area contributed by atoms with E-state index in [0.29, 0.717) is 21.9 Å². The molecule has 0 heterocycles. The summed E-state index contributed by atoms with van der Waals surface area (Å²) < 4.78 is 18.9. The monoisotopic (exact) mass is 265 g/mol. The van der Waals surface area contributed by atoms with Crippen LogP contribution < -0.4 is 10.5 Å². The second-order valence-electron chi connectivity index (χ2n) is 3.89. The fraction of sp³-hybridized carbons (Fsp3) is 0.143. The van der Waals surface area contributed by atoms with Crippen LogP contribution >= 0.6 is 11.6 Å². The van der Waals surface area contributed by atoms with Gasteiger partial charge in [-0.2, -0.15) is 0 Å². The smallest absolute Gasteiger partial charge is 0.128 e. The molecule has 0 aliphatic carbocycles. The molecule has 0 spiro atoms. The van der Waals surface area contributed by atoms with Crippen LogP contribution in [0.1, 0.15) is 17.2 Å². The lowest BCUT2D eigenvalue weighted by Crippen LogP contribution is -2.14. The number of halogens is 2. The molecule has 0 radical (unpaired) electrons. The number of hydrogen-bond acceptors (Lipinski definition) is 2. The van der Waals surface area contributed by atoms with Gasteiger partial charge in [-0.1, -0.05) is 35.9 Å². The zero-order valence-electron chi connectivity index (χ0n) is 9.86. The van der Waals surface area contributed by atoms with Crippen molar-refractivity contribution < 1.29 is 9.13 Å². The zero-order valence-corrected chi connectivity index (χ0v) is 10.6. The van der Waals surface area contributed by atoms with E-state index in [9.17, 15) is 4.39 Å². The molecule has 18 heavy (non-hydrogen) atoms. The molecule has 0 aliphatic heterocycles. The van der Waals surface area contributed by atoms with E-state index in [1.165, 1.54) is 13.2 Å². The first-order valence-corrected chi connectivity index (χ1v) is 5.84. The number of methoxy groups -OCH3 is 1. The van der Waals surface area contributed by atoms with Gasteiger partial charge in [0.15, 0.2) is 0 Å². The van der Waals surface area contributed by atoms with Gasteiger partial charge >= 0.3 is 0 Å². The van der Waals surface area contributed by atoms with Gasteiger partial charge in [-0.05, 0) is 18.2 Å². The van der Waals surface area contributed by atoms with Crippen LogP contribution in [0.2, 0.25) is 5.02 Å². The summed E-state index contributed by atoms with van der Waals surface area (Å²) >= 11 is 5.88. The number of nitrogens with two attached hydrogens (primary N) is 1. The van der Waals surface area contributed by atoms with E-state index in [4.69, 9.17) is 22.1 Å². The fourth-order valence-electron chi connectivity index (χ4n) is 1.84. The van der Waals surface area contributed by atoms with Gasteiger partial charge in [0.2, 0.25) is 0 Å². The minimum atomic E-state index is -0.585. The van der Waals surface area contributed by atoms with Gasteiger partial charge in [-0.15, -0.1) is 0 Å². The molecule has 94 valence electrons. The highest BCUT2D eigenvalue weighted by atomic mass is 35.5. The number of hydrogen-bond donors (Lipinski definition) is 1. The Bertz CT molecular complexity index is 559. The molecule has 0 bridgehead atoms. The van der Waals surface area contributed by atoms with E-state index < -0.39 is 6.04 Å². The molecule has 1 atom stereocenters. The van der Waals surface area contributed by atoms with Crippen LogP contribution in [0.25, 0.3) is 0 Å². The van der Waals surface area contributed by atoms with E-state index in [2.05, 4.69) is 0 Å². The van der Waals surface area contributed by atoms with Gasteiger partial charge in [0.05, 0.1) is 13.2 Å². The fourth-order valence-corrected chi connectivity index (χ4v) is 2.00. The Morgan fingerprint density at radius 2 is 1.89 bits per heavy atom. The number of benzene rings is 2. The predicted molar refractivity (Wildman–Crippen MR) is 70.4 cm³/mol. The van der Waals surface area contributed by atoms with Gasteiger partial charge in [-0.25, -0.2) is 4.39 Å². The lowest BCUT2D eigenvalue weighted by Gasteiger charge is -2.16. The summed E-state index contributed by atoms with van der Waals surface area (Å²) in [6.45, 7) is 0. The zero-order chi connectivity index (χ0) is 13.1. The van der Waals surface area contributed by atoms with Crippen LogP contribution in [0.4, 0.5) is 4.39 Å². The normalized spacial score (nSPS) is 12.2. The summed E-state index contributed by atoms with van der Waals surface area (Å²) in [4.78, 5) is 0. The van der Waals surface area contributed by atoms with Gasteiger partial charge in [0, 0.05) is 16.1 Å². The van der Waals surface area contributed by atoms with Crippen molar-refractivity contribution in [3.8, 4) is 5.75 Å². The maximum absolute atomic E-state index is 13.7. The van der Waals surface area contributed by atoms with Gasteiger partial charge in [0.25, 0.3) is 0 Å².